The molecule has 0 aliphatic carbocycles. The van der Waals surface area contributed by atoms with E-state index in [0.717, 1.165) is 16.6 Å². The summed E-state index contributed by atoms with van der Waals surface area (Å²) in [5, 5.41) is 15.6. The van der Waals surface area contributed by atoms with Gasteiger partial charge >= 0.3 is 0 Å². The maximum atomic E-state index is 12.4. The molecular weight excluding hydrogens is 330 g/mol. The van der Waals surface area contributed by atoms with Gasteiger partial charge < -0.3 is 9.84 Å². The summed E-state index contributed by atoms with van der Waals surface area (Å²) in [7, 11) is 0. The Bertz CT molecular complexity index is 1020. The third-order valence-corrected chi connectivity index (χ3v) is 4.24. The number of carbonyl (C=O) groups excluding carboxylic acids is 1. The van der Waals surface area contributed by atoms with Crippen LogP contribution in [0.1, 0.15) is 24.2 Å². The Labute approximate surface area is 149 Å². The van der Waals surface area contributed by atoms with Gasteiger partial charge in [0, 0.05) is 5.39 Å². The van der Waals surface area contributed by atoms with Crippen LogP contribution in [0, 0.1) is 0 Å². The van der Waals surface area contributed by atoms with E-state index in [4.69, 9.17) is 4.52 Å². The fourth-order valence-corrected chi connectivity index (χ4v) is 2.86. The summed E-state index contributed by atoms with van der Waals surface area (Å²) in [4.78, 5) is 12.4. The van der Waals surface area contributed by atoms with E-state index in [9.17, 15) is 4.79 Å². The van der Waals surface area contributed by atoms with Crippen LogP contribution in [0.4, 0.5) is 0 Å². The number of nitrogens with one attached hydrogen (secondary N) is 1. The summed E-state index contributed by atoms with van der Waals surface area (Å²) in [6.07, 6.45) is 3.59. The summed E-state index contributed by atoms with van der Waals surface area (Å²) in [5.41, 5.74) is 3.25. The maximum Gasteiger partial charge on any atom is 0.226 e. The molecule has 1 N–H and O–H groups in total. The van der Waals surface area contributed by atoms with Gasteiger partial charge in [0.05, 0.1) is 30.5 Å². The predicted molar refractivity (Wildman–Crippen MR) is 95.6 cm³/mol. The Morgan fingerprint density at radius 1 is 1.19 bits per heavy atom. The molecule has 4 rings (SSSR count). The molecule has 2 aromatic carbocycles. The van der Waals surface area contributed by atoms with E-state index in [-0.39, 0.29) is 18.4 Å². The lowest BCUT2D eigenvalue weighted by molar-refractivity contribution is -0.121. The minimum Gasteiger partial charge on any atom is -0.356 e. The summed E-state index contributed by atoms with van der Waals surface area (Å²) in [6.45, 7) is 1.95. The second-order valence-corrected chi connectivity index (χ2v) is 6.03. The highest BCUT2D eigenvalue weighted by molar-refractivity contribution is 5.86. The first-order valence-corrected chi connectivity index (χ1v) is 8.30. The molecule has 1 atom stereocenters. The van der Waals surface area contributed by atoms with E-state index in [1.54, 1.807) is 17.1 Å². The number of hydrogen-bond donors (Lipinski definition) is 1. The van der Waals surface area contributed by atoms with Crippen molar-refractivity contribution in [2.24, 2.45) is 0 Å². The van der Waals surface area contributed by atoms with Crippen LogP contribution in [-0.4, -0.2) is 26.1 Å². The standard InChI is InChI=1S/C19H17N5O2/c1-13(14-6-8-15(9-7-14)24-11-10-20-23-24)21-19(25)12-17-16-4-2-3-5-18(16)26-22-17/h2-11,13H,12H2,1H3,(H,21,25)/t13-/m0/s1. The average molecular weight is 347 g/mol. The van der Waals surface area contributed by atoms with E-state index in [0.29, 0.717) is 11.3 Å². The van der Waals surface area contributed by atoms with Crippen LogP contribution in [0.2, 0.25) is 0 Å². The SMILES string of the molecule is C[C@H](NC(=O)Cc1noc2ccccc12)c1ccc(-n2ccnn2)cc1. The molecule has 130 valence electrons. The van der Waals surface area contributed by atoms with Crippen LogP contribution in [0.3, 0.4) is 0 Å². The summed E-state index contributed by atoms with van der Waals surface area (Å²) in [5.74, 6) is -0.100. The molecule has 0 saturated heterocycles. The van der Waals surface area contributed by atoms with Crippen molar-refractivity contribution < 1.29 is 9.32 Å². The maximum absolute atomic E-state index is 12.4. The van der Waals surface area contributed by atoms with Crippen LogP contribution < -0.4 is 5.32 Å². The second-order valence-electron chi connectivity index (χ2n) is 6.03. The first-order chi connectivity index (χ1) is 12.7. The molecule has 2 aromatic heterocycles. The third kappa shape index (κ3) is 3.19. The lowest BCUT2D eigenvalue weighted by atomic mass is 10.1. The first kappa shape index (κ1) is 16.0. The van der Waals surface area contributed by atoms with Gasteiger partial charge in [0.1, 0.15) is 5.69 Å². The lowest BCUT2D eigenvalue weighted by Crippen LogP contribution is -2.28. The van der Waals surface area contributed by atoms with Crippen molar-refractivity contribution in [2.75, 3.05) is 0 Å². The van der Waals surface area contributed by atoms with Gasteiger partial charge in [-0.3, -0.25) is 4.79 Å². The van der Waals surface area contributed by atoms with Crippen molar-refractivity contribution >= 4 is 16.9 Å². The molecule has 0 aliphatic heterocycles. The number of nitrogens with zero attached hydrogens (tertiary/aromatic N) is 4. The Balaban J connectivity index is 1.42. The fourth-order valence-electron chi connectivity index (χ4n) is 2.86. The van der Waals surface area contributed by atoms with Crippen LogP contribution in [0.25, 0.3) is 16.7 Å². The zero-order valence-corrected chi connectivity index (χ0v) is 14.2. The van der Waals surface area contributed by atoms with E-state index < -0.39 is 0 Å². The Morgan fingerprint density at radius 3 is 2.77 bits per heavy atom. The molecule has 0 fully saturated rings. The number of rotatable bonds is 5. The fraction of sp³-hybridized carbons (Fsp3) is 0.158. The van der Waals surface area contributed by atoms with E-state index in [2.05, 4.69) is 20.8 Å². The molecule has 26 heavy (non-hydrogen) atoms. The van der Waals surface area contributed by atoms with Crippen LogP contribution >= 0.6 is 0 Å². The number of fused-ring (bicyclic) bond motifs is 1. The van der Waals surface area contributed by atoms with Gasteiger partial charge in [-0.05, 0) is 36.8 Å². The van der Waals surface area contributed by atoms with E-state index in [1.165, 1.54) is 0 Å². The van der Waals surface area contributed by atoms with Gasteiger partial charge in [-0.1, -0.05) is 34.6 Å². The minimum atomic E-state index is -0.120. The quantitative estimate of drug-likeness (QED) is 0.600. The Hall–Kier alpha value is -3.48. The monoisotopic (exact) mass is 347 g/mol. The number of aromatic nitrogens is 4. The van der Waals surface area contributed by atoms with Crippen molar-refractivity contribution in [1.29, 1.82) is 0 Å². The highest BCUT2D eigenvalue weighted by Crippen LogP contribution is 2.19. The highest BCUT2D eigenvalue weighted by atomic mass is 16.5. The predicted octanol–water partition coefficient (Wildman–Crippen LogP) is 2.83. The van der Waals surface area contributed by atoms with Gasteiger partial charge in [-0.15, -0.1) is 5.10 Å². The van der Waals surface area contributed by atoms with Crippen LogP contribution in [-0.2, 0) is 11.2 Å². The van der Waals surface area contributed by atoms with Gasteiger partial charge in [0.25, 0.3) is 0 Å². The molecule has 1 amide bonds. The lowest BCUT2D eigenvalue weighted by Gasteiger charge is -2.14. The largest absolute Gasteiger partial charge is 0.356 e. The number of hydrogen-bond acceptors (Lipinski definition) is 5. The second kappa shape index (κ2) is 6.79. The summed E-state index contributed by atoms with van der Waals surface area (Å²) in [6, 6.07) is 15.2. The molecular formula is C19H17N5O2. The molecule has 0 aliphatic rings. The third-order valence-electron chi connectivity index (χ3n) is 4.24. The van der Waals surface area contributed by atoms with Crippen LogP contribution in [0.15, 0.2) is 65.4 Å². The first-order valence-electron chi connectivity index (χ1n) is 8.30. The van der Waals surface area contributed by atoms with Crippen molar-refractivity contribution in [3.8, 4) is 5.69 Å². The normalized spacial score (nSPS) is 12.2. The van der Waals surface area contributed by atoms with Gasteiger partial charge in [-0.2, -0.15) is 0 Å². The molecule has 0 saturated carbocycles. The zero-order chi connectivity index (χ0) is 17.9. The molecule has 2 heterocycles. The van der Waals surface area contributed by atoms with E-state index >= 15 is 0 Å². The van der Waals surface area contributed by atoms with Crippen molar-refractivity contribution in [3.63, 3.8) is 0 Å². The summed E-state index contributed by atoms with van der Waals surface area (Å²) >= 11 is 0. The zero-order valence-electron chi connectivity index (χ0n) is 14.2. The molecule has 0 radical (unpaired) electrons. The minimum absolute atomic E-state index is 0.100. The molecule has 0 spiro atoms. The Morgan fingerprint density at radius 2 is 2.00 bits per heavy atom. The number of amides is 1. The number of benzene rings is 2. The topological polar surface area (TPSA) is 85.8 Å². The smallest absolute Gasteiger partial charge is 0.226 e. The highest BCUT2D eigenvalue weighted by Gasteiger charge is 2.14. The average Bonchev–Trinajstić information content (AvgIpc) is 3.32. The molecule has 4 aromatic rings. The molecule has 7 heteroatoms. The van der Waals surface area contributed by atoms with Crippen molar-refractivity contribution in [1.82, 2.24) is 25.5 Å². The number of para-hydroxylation sites is 1. The van der Waals surface area contributed by atoms with E-state index in [1.807, 2.05) is 55.5 Å². The number of carbonyl (C=O) groups is 1. The Kier molecular flexibility index (Phi) is 4.18. The van der Waals surface area contributed by atoms with Crippen LogP contribution in [0.5, 0.6) is 0 Å². The molecule has 0 bridgehead atoms. The van der Waals surface area contributed by atoms with Gasteiger partial charge in [0.15, 0.2) is 5.58 Å². The van der Waals surface area contributed by atoms with Crippen molar-refractivity contribution in [3.05, 3.63) is 72.2 Å². The van der Waals surface area contributed by atoms with Gasteiger partial charge in [-0.25, -0.2) is 4.68 Å². The molecule has 7 nitrogen and oxygen atoms in total. The molecule has 0 unspecified atom stereocenters. The van der Waals surface area contributed by atoms with Gasteiger partial charge in [0.2, 0.25) is 5.91 Å². The van der Waals surface area contributed by atoms with Crippen molar-refractivity contribution in [2.45, 2.75) is 19.4 Å². The summed E-state index contributed by atoms with van der Waals surface area (Å²) < 4.78 is 6.93.